The van der Waals surface area contributed by atoms with E-state index in [0.717, 1.165) is 30.5 Å². The van der Waals surface area contributed by atoms with Crippen molar-refractivity contribution in [1.82, 2.24) is 0 Å². The Morgan fingerprint density at radius 1 is 0.465 bits per heavy atom. The van der Waals surface area contributed by atoms with E-state index >= 15 is 0 Å². The molecule has 6 aromatic carbocycles. The number of hydrogen-bond donors (Lipinski definition) is 0. The Morgan fingerprint density at radius 3 is 1.54 bits per heavy atom. The van der Waals surface area contributed by atoms with E-state index in [1.807, 2.05) is 0 Å². The fraction of sp³-hybridized carbons (Fsp3) is 0.433. The van der Waals surface area contributed by atoms with Gasteiger partial charge < -0.3 is 14.2 Å². The van der Waals surface area contributed by atoms with Gasteiger partial charge in [-0.05, 0) is 186 Å². The maximum Gasteiger partial charge on any atom is 0.297 e. The summed E-state index contributed by atoms with van der Waals surface area (Å²) < 4.78 is 7.68. The zero-order chi connectivity index (χ0) is 50.9. The van der Waals surface area contributed by atoms with E-state index < -0.39 is 0 Å². The molecule has 0 atom stereocenters. The molecule has 0 fully saturated rings. The van der Waals surface area contributed by atoms with Crippen LogP contribution in [0.2, 0.25) is 0 Å². The van der Waals surface area contributed by atoms with Gasteiger partial charge in [-0.15, -0.1) is 0 Å². The molecular formula is C67H79BN2O. The number of hydrogen-bond acceptors (Lipinski definition) is 3. The minimum absolute atomic E-state index is 0.0336. The smallest absolute Gasteiger partial charge is 0.297 e. The van der Waals surface area contributed by atoms with E-state index in [1.54, 1.807) is 0 Å². The van der Waals surface area contributed by atoms with Crippen LogP contribution in [0.4, 0.5) is 34.1 Å². The number of aryl methyl sites for hydroxylation is 1. The molecule has 71 heavy (non-hydrogen) atoms. The van der Waals surface area contributed by atoms with Gasteiger partial charge in [0.15, 0.2) is 0 Å². The standard InChI is InChI=1S/C67H79BN2O/c1-40-33-55-58-56(34-40)70(53-27-23-43(62(5,6)7)35-46(53)41-19-21-42(22-20-41)61(2,3)4)54-28-24-44(63(8,9)10)36-52(54)68(58)60-59(47-38-50-51(39-57(47)71-60)67(17,18)32-31-66(50,15)16)69(55)45-25-26-48-49(37-45)65(13,14)30-29-64(48,11)12/h19-28,33-39H,29-32H2,1-18H3. The Kier molecular flexibility index (Phi) is 10.3. The van der Waals surface area contributed by atoms with Crippen molar-refractivity contribution < 1.29 is 4.42 Å². The summed E-state index contributed by atoms with van der Waals surface area (Å²) in [6.07, 6.45) is 4.65. The lowest BCUT2D eigenvalue weighted by atomic mass is 9.35. The summed E-state index contributed by atoms with van der Waals surface area (Å²) in [6, 6.07) is 41.5. The average Bonchev–Trinajstić information content (AvgIpc) is 3.66. The van der Waals surface area contributed by atoms with Gasteiger partial charge in [0.05, 0.1) is 17.0 Å². The number of rotatable bonds is 3. The van der Waals surface area contributed by atoms with Gasteiger partial charge in [0, 0.05) is 33.7 Å². The summed E-state index contributed by atoms with van der Waals surface area (Å²) >= 11 is 0. The van der Waals surface area contributed by atoms with Crippen LogP contribution >= 0.6 is 0 Å². The molecule has 3 nitrogen and oxygen atoms in total. The van der Waals surface area contributed by atoms with Gasteiger partial charge in [-0.2, -0.15) is 0 Å². The predicted molar refractivity (Wildman–Crippen MR) is 307 cm³/mol. The Labute approximate surface area is 427 Å². The molecule has 0 saturated heterocycles. The normalized spacial score (nSPS) is 18.4. The highest BCUT2D eigenvalue weighted by atomic mass is 16.3. The first-order chi connectivity index (χ1) is 33.0. The minimum atomic E-state index is -0.137. The fourth-order valence-electron chi connectivity index (χ4n) is 13.0. The van der Waals surface area contributed by atoms with Gasteiger partial charge in [-0.3, -0.25) is 0 Å². The largest absolute Gasteiger partial charge is 0.468 e. The summed E-state index contributed by atoms with van der Waals surface area (Å²) in [5.74, 6) is 0. The Balaban J connectivity index is 1.26. The number of nitrogens with zero attached hydrogens (tertiary/aromatic N) is 2. The van der Waals surface area contributed by atoms with Gasteiger partial charge >= 0.3 is 0 Å². The molecule has 3 heterocycles. The third kappa shape index (κ3) is 7.49. The number of benzene rings is 6. The second-order valence-electron chi connectivity index (χ2n) is 28.1. The summed E-state index contributed by atoms with van der Waals surface area (Å²) in [5.41, 5.74) is 25.6. The van der Waals surface area contributed by atoms with Crippen LogP contribution in [0.5, 0.6) is 0 Å². The molecule has 2 aliphatic heterocycles. The molecule has 0 bridgehead atoms. The zero-order valence-corrected chi connectivity index (χ0v) is 46.5. The van der Waals surface area contributed by atoms with Crippen molar-refractivity contribution in [2.45, 2.75) is 188 Å². The van der Waals surface area contributed by atoms with Crippen LogP contribution in [-0.4, -0.2) is 6.71 Å². The van der Waals surface area contributed by atoms with Crippen LogP contribution in [0, 0.1) is 6.92 Å². The van der Waals surface area contributed by atoms with Crippen molar-refractivity contribution in [3.8, 4) is 11.1 Å². The van der Waals surface area contributed by atoms with Crippen LogP contribution in [0.3, 0.4) is 0 Å². The SMILES string of the molecule is Cc1cc2c3c(c1)N(c1ccc4c(c1)C(C)(C)CCC4(C)C)c1c(oc4cc5c(cc14)C(C)(C)CCC5(C)C)B3c1cc(C(C)(C)C)ccc1N2c1ccc(C(C)(C)C)cc1-c1ccc(C(C)(C)C)cc1. The molecule has 0 radical (unpaired) electrons. The molecule has 0 spiro atoms. The summed E-state index contributed by atoms with van der Waals surface area (Å²) in [4.78, 5) is 5.26. The van der Waals surface area contributed by atoms with Crippen LogP contribution in [-0.2, 0) is 37.9 Å². The van der Waals surface area contributed by atoms with Crippen LogP contribution in [0.25, 0.3) is 22.1 Å². The molecule has 7 aromatic rings. The molecule has 2 aliphatic carbocycles. The molecular weight excluding hydrogens is 860 g/mol. The molecule has 0 amide bonds. The van der Waals surface area contributed by atoms with Crippen molar-refractivity contribution in [2.24, 2.45) is 0 Å². The molecule has 0 unspecified atom stereocenters. The molecule has 366 valence electrons. The Morgan fingerprint density at radius 2 is 0.958 bits per heavy atom. The monoisotopic (exact) mass is 939 g/mol. The first-order valence-electron chi connectivity index (χ1n) is 26.9. The van der Waals surface area contributed by atoms with Crippen molar-refractivity contribution >= 4 is 68.4 Å². The van der Waals surface area contributed by atoms with Gasteiger partial charge in [0.25, 0.3) is 6.71 Å². The second-order valence-corrected chi connectivity index (χ2v) is 28.1. The Hall–Kier alpha value is -5.48. The van der Waals surface area contributed by atoms with Crippen LogP contribution in [0.1, 0.15) is 188 Å². The highest BCUT2D eigenvalue weighted by molar-refractivity contribution is 7.00. The average molecular weight is 939 g/mol. The number of fused-ring (bicyclic) bond motifs is 8. The minimum Gasteiger partial charge on any atom is -0.468 e. The maximum atomic E-state index is 7.68. The highest BCUT2D eigenvalue weighted by Crippen LogP contribution is 2.54. The van der Waals surface area contributed by atoms with Crippen LogP contribution < -0.4 is 26.4 Å². The number of furan rings is 1. The van der Waals surface area contributed by atoms with Gasteiger partial charge in [-0.25, -0.2) is 0 Å². The van der Waals surface area contributed by atoms with Gasteiger partial charge in [-0.1, -0.05) is 166 Å². The zero-order valence-electron chi connectivity index (χ0n) is 46.5. The molecule has 4 heteroatoms. The van der Waals surface area contributed by atoms with Crippen molar-refractivity contribution in [3.63, 3.8) is 0 Å². The van der Waals surface area contributed by atoms with Crippen LogP contribution in [0.15, 0.2) is 108 Å². The van der Waals surface area contributed by atoms with E-state index in [0.29, 0.717) is 0 Å². The third-order valence-electron chi connectivity index (χ3n) is 17.9. The topological polar surface area (TPSA) is 19.6 Å². The van der Waals surface area contributed by atoms with E-state index in [9.17, 15) is 0 Å². The van der Waals surface area contributed by atoms with Crippen molar-refractivity contribution in [2.75, 3.05) is 9.80 Å². The highest BCUT2D eigenvalue weighted by Gasteiger charge is 2.49. The van der Waals surface area contributed by atoms with Crippen molar-refractivity contribution in [1.29, 1.82) is 0 Å². The van der Waals surface area contributed by atoms with E-state index in [2.05, 4.69) is 238 Å². The van der Waals surface area contributed by atoms with Crippen molar-refractivity contribution in [3.05, 3.63) is 148 Å². The first kappa shape index (κ1) is 47.8. The lowest BCUT2D eigenvalue weighted by molar-refractivity contribution is 0.332. The number of anilines is 6. The molecule has 1 aromatic heterocycles. The third-order valence-corrected chi connectivity index (χ3v) is 17.9. The lowest BCUT2D eigenvalue weighted by Gasteiger charge is -2.45. The maximum absolute atomic E-state index is 7.68. The predicted octanol–water partition coefficient (Wildman–Crippen LogP) is 17.1. The molecule has 11 rings (SSSR count). The molecule has 4 aliphatic rings. The Bertz CT molecular complexity index is 3330. The quantitative estimate of drug-likeness (QED) is 0.165. The van der Waals surface area contributed by atoms with E-state index in [-0.39, 0.29) is 44.6 Å². The fourth-order valence-corrected chi connectivity index (χ4v) is 13.0. The first-order valence-corrected chi connectivity index (χ1v) is 26.9. The molecule has 0 N–H and O–H groups in total. The van der Waals surface area contributed by atoms with E-state index in [1.165, 1.54) is 112 Å². The summed E-state index contributed by atoms with van der Waals surface area (Å²) in [5, 5.41) is 1.21. The van der Waals surface area contributed by atoms with E-state index in [4.69, 9.17) is 4.42 Å². The van der Waals surface area contributed by atoms with Gasteiger partial charge in [0.1, 0.15) is 5.58 Å². The summed E-state index contributed by atoms with van der Waals surface area (Å²) in [7, 11) is 0. The van der Waals surface area contributed by atoms with Gasteiger partial charge in [0.2, 0.25) is 0 Å². The molecule has 0 saturated carbocycles. The summed E-state index contributed by atoms with van der Waals surface area (Å²) in [6.45, 7) is 42.7. The lowest BCUT2D eigenvalue weighted by Crippen LogP contribution is -2.61. The second kappa shape index (κ2) is 15.3.